The van der Waals surface area contributed by atoms with E-state index in [1.807, 2.05) is 53.4 Å². The van der Waals surface area contributed by atoms with Crippen LogP contribution in [-0.4, -0.2) is 53.2 Å². The number of benzene rings is 2. The van der Waals surface area contributed by atoms with Gasteiger partial charge < -0.3 is 14.5 Å². The number of rotatable bonds is 9. The Labute approximate surface area is 182 Å². The molecule has 6 heteroatoms. The summed E-state index contributed by atoms with van der Waals surface area (Å²) < 4.78 is 5.11. The number of methoxy groups -OCH3 is 1. The zero-order valence-electron chi connectivity index (χ0n) is 17.3. The van der Waals surface area contributed by atoms with E-state index < -0.39 is 0 Å². The molecule has 2 aliphatic rings. The third-order valence-corrected chi connectivity index (χ3v) is 7.18. The summed E-state index contributed by atoms with van der Waals surface area (Å²) in [6, 6.07) is 19.6. The van der Waals surface area contributed by atoms with Gasteiger partial charge in [0.05, 0.1) is 6.04 Å². The van der Waals surface area contributed by atoms with Crippen LogP contribution in [-0.2, 0) is 16.1 Å². The van der Waals surface area contributed by atoms with Crippen molar-refractivity contribution in [2.45, 2.75) is 43.3 Å². The van der Waals surface area contributed by atoms with Crippen LogP contribution in [0.15, 0.2) is 60.7 Å². The van der Waals surface area contributed by atoms with Crippen molar-refractivity contribution in [3.8, 4) is 0 Å². The normalized spacial score (nSPS) is 23.1. The number of nitrogens with zero attached hydrogens (tertiary/aromatic N) is 2. The molecule has 158 valence electrons. The molecule has 0 aromatic heterocycles. The highest BCUT2D eigenvalue weighted by molar-refractivity contribution is 7.99. The molecule has 2 heterocycles. The number of hydrogen-bond donors (Lipinski definition) is 0. The highest BCUT2D eigenvalue weighted by Gasteiger charge is 2.54. The van der Waals surface area contributed by atoms with Gasteiger partial charge in [0.1, 0.15) is 11.4 Å². The largest absolute Gasteiger partial charge is 0.385 e. The fourth-order valence-corrected chi connectivity index (χ4v) is 5.87. The van der Waals surface area contributed by atoms with Crippen LogP contribution in [0.25, 0.3) is 0 Å². The van der Waals surface area contributed by atoms with Gasteiger partial charge in [-0.2, -0.15) is 0 Å². The van der Waals surface area contributed by atoms with Gasteiger partial charge in [-0.3, -0.25) is 4.79 Å². The summed E-state index contributed by atoms with van der Waals surface area (Å²) in [4.78, 5) is 30.5. The second-order valence-corrected chi connectivity index (χ2v) is 8.94. The molecule has 30 heavy (non-hydrogen) atoms. The molecule has 2 aromatic carbocycles. The van der Waals surface area contributed by atoms with E-state index in [9.17, 15) is 9.59 Å². The van der Waals surface area contributed by atoms with Crippen molar-refractivity contribution in [1.29, 1.82) is 0 Å². The summed E-state index contributed by atoms with van der Waals surface area (Å²) >= 11 is 1.76. The zero-order chi connectivity index (χ0) is 20.9. The summed E-state index contributed by atoms with van der Waals surface area (Å²) in [5.74, 6) is 0.947. The van der Waals surface area contributed by atoms with Crippen LogP contribution in [0.3, 0.4) is 0 Å². The van der Waals surface area contributed by atoms with Crippen molar-refractivity contribution in [2.24, 2.45) is 0 Å². The van der Waals surface area contributed by atoms with Gasteiger partial charge in [-0.05, 0) is 24.0 Å². The highest BCUT2D eigenvalue weighted by Crippen LogP contribution is 2.47. The Morgan fingerprint density at radius 3 is 2.47 bits per heavy atom. The number of hydrogen-bond acceptors (Lipinski definition) is 4. The smallest absolute Gasteiger partial charge is 0.322 e. The lowest BCUT2D eigenvalue weighted by Crippen LogP contribution is -2.43. The number of fused-ring (bicyclic) bond motifs is 1. The summed E-state index contributed by atoms with van der Waals surface area (Å²) in [6.07, 6.45) is 2.13. The monoisotopic (exact) mass is 424 g/mol. The van der Waals surface area contributed by atoms with Crippen molar-refractivity contribution in [1.82, 2.24) is 9.80 Å². The average Bonchev–Trinajstić information content (AvgIpc) is 3.32. The fraction of sp³-hybridized carbons (Fsp3) is 0.417. The molecule has 2 aliphatic heterocycles. The number of unbranched alkanes of at least 4 members (excludes halogenated alkanes) is 1. The number of carbonyl (C=O) groups excluding carboxylic acids is 2. The topological polar surface area (TPSA) is 49.9 Å². The van der Waals surface area contributed by atoms with E-state index in [-0.39, 0.29) is 29.3 Å². The molecule has 2 unspecified atom stereocenters. The van der Waals surface area contributed by atoms with Gasteiger partial charge in [-0.15, -0.1) is 11.8 Å². The van der Waals surface area contributed by atoms with Crippen molar-refractivity contribution in [2.75, 3.05) is 19.5 Å². The first-order chi connectivity index (χ1) is 14.7. The Morgan fingerprint density at radius 1 is 1.07 bits per heavy atom. The minimum Gasteiger partial charge on any atom is -0.385 e. The lowest BCUT2D eigenvalue weighted by molar-refractivity contribution is -0.123. The Morgan fingerprint density at radius 2 is 1.77 bits per heavy atom. The zero-order valence-corrected chi connectivity index (χ0v) is 18.1. The van der Waals surface area contributed by atoms with Crippen molar-refractivity contribution in [3.05, 3.63) is 71.8 Å². The van der Waals surface area contributed by atoms with Crippen LogP contribution in [0.2, 0.25) is 0 Å². The summed E-state index contributed by atoms with van der Waals surface area (Å²) in [5, 5.41) is -0.0340. The number of amides is 2. The standard InChI is InChI=1S/C24H28N2O3S/c1-29-15-9-8-14-21(27)22-20-17-30-23(19-12-6-3-7-13-19)26(20)24(28)25(22)16-18-10-4-2-5-11-18/h2-7,10-13,20,22-23H,8-9,14-17H2,1H3/t20-,22?,23?/m0/s1. The Balaban J connectivity index is 1.58. The number of Topliss-reactive ketones (excluding diaryl/α,β-unsaturated/α-hetero) is 1. The maximum absolute atomic E-state index is 13.5. The molecular weight excluding hydrogens is 396 g/mol. The third kappa shape index (κ3) is 4.25. The van der Waals surface area contributed by atoms with Crippen LogP contribution in [0.1, 0.15) is 35.8 Å². The molecule has 5 nitrogen and oxygen atoms in total. The van der Waals surface area contributed by atoms with Gasteiger partial charge >= 0.3 is 6.03 Å². The molecule has 2 fully saturated rings. The first-order valence-corrected chi connectivity index (χ1v) is 11.6. The summed E-state index contributed by atoms with van der Waals surface area (Å²) in [5.41, 5.74) is 2.17. The van der Waals surface area contributed by atoms with Crippen LogP contribution >= 0.6 is 11.8 Å². The quantitative estimate of drug-likeness (QED) is 0.557. The predicted octanol–water partition coefficient (Wildman–Crippen LogP) is 4.49. The summed E-state index contributed by atoms with van der Waals surface area (Å²) in [6.45, 7) is 1.12. The molecule has 0 spiro atoms. The lowest BCUT2D eigenvalue weighted by Gasteiger charge is -2.25. The van der Waals surface area contributed by atoms with Crippen molar-refractivity contribution < 1.29 is 14.3 Å². The molecule has 0 aliphatic carbocycles. The van der Waals surface area contributed by atoms with E-state index in [4.69, 9.17) is 4.74 Å². The van der Waals surface area contributed by atoms with Gasteiger partial charge in [0.2, 0.25) is 0 Å². The number of thioether (sulfide) groups is 1. The Hall–Kier alpha value is -2.31. The molecule has 0 bridgehead atoms. The van der Waals surface area contributed by atoms with E-state index in [0.717, 1.165) is 29.7 Å². The number of urea groups is 1. The van der Waals surface area contributed by atoms with Gasteiger partial charge in [-0.25, -0.2) is 4.79 Å². The lowest BCUT2D eigenvalue weighted by atomic mass is 9.99. The molecule has 0 saturated carbocycles. The number of ketones is 1. The Kier molecular flexibility index (Phi) is 6.75. The van der Waals surface area contributed by atoms with Crippen LogP contribution in [0.4, 0.5) is 4.79 Å². The van der Waals surface area contributed by atoms with Gasteiger partial charge in [0.25, 0.3) is 0 Å². The third-order valence-electron chi connectivity index (χ3n) is 5.83. The van der Waals surface area contributed by atoms with Crippen LogP contribution in [0, 0.1) is 0 Å². The molecule has 4 rings (SSSR count). The summed E-state index contributed by atoms with van der Waals surface area (Å²) in [7, 11) is 1.68. The molecule has 0 N–H and O–H groups in total. The predicted molar refractivity (Wildman–Crippen MR) is 119 cm³/mol. The van der Waals surface area contributed by atoms with Gasteiger partial charge in [0, 0.05) is 32.4 Å². The SMILES string of the molecule is COCCCCC(=O)C1[C@@H]2CSC(c3ccccc3)N2C(=O)N1Cc1ccccc1. The molecule has 2 aromatic rings. The highest BCUT2D eigenvalue weighted by atomic mass is 32.2. The maximum atomic E-state index is 13.5. The van der Waals surface area contributed by atoms with Gasteiger partial charge in [-0.1, -0.05) is 60.7 Å². The molecule has 3 atom stereocenters. The maximum Gasteiger partial charge on any atom is 0.322 e. The van der Waals surface area contributed by atoms with Crippen LogP contribution < -0.4 is 0 Å². The minimum absolute atomic E-state index is 0.0297. The van der Waals surface area contributed by atoms with E-state index in [1.165, 1.54) is 0 Å². The molecule has 0 radical (unpaired) electrons. The van der Waals surface area contributed by atoms with E-state index in [2.05, 4.69) is 12.1 Å². The molecule has 2 saturated heterocycles. The number of carbonyl (C=O) groups is 2. The first-order valence-electron chi connectivity index (χ1n) is 10.5. The van der Waals surface area contributed by atoms with E-state index in [1.54, 1.807) is 23.8 Å². The Bertz CT molecular complexity index is 861. The average molecular weight is 425 g/mol. The minimum atomic E-state index is -0.388. The van der Waals surface area contributed by atoms with E-state index in [0.29, 0.717) is 19.6 Å². The second kappa shape index (κ2) is 9.67. The fourth-order valence-electron chi connectivity index (χ4n) is 4.39. The van der Waals surface area contributed by atoms with E-state index >= 15 is 0 Å². The first kappa shape index (κ1) is 20.9. The van der Waals surface area contributed by atoms with Crippen LogP contribution in [0.5, 0.6) is 0 Å². The number of ether oxygens (including phenoxy) is 1. The second-order valence-electron chi connectivity index (χ2n) is 7.83. The van der Waals surface area contributed by atoms with Gasteiger partial charge in [0.15, 0.2) is 5.78 Å². The molecular formula is C24H28N2O3S. The molecule has 2 amide bonds. The van der Waals surface area contributed by atoms with Crippen molar-refractivity contribution in [3.63, 3.8) is 0 Å². The van der Waals surface area contributed by atoms with Crippen molar-refractivity contribution >= 4 is 23.6 Å².